The number of methoxy groups -OCH3 is 1. The molecule has 0 heterocycles. The lowest BCUT2D eigenvalue weighted by atomic mass is 10.2. The molecule has 0 rings (SSSR count). The molecule has 0 atom stereocenters. The van der Waals surface area contributed by atoms with E-state index in [2.05, 4.69) is 5.32 Å². The minimum atomic E-state index is -1.11. The highest BCUT2D eigenvalue weighted by molar-refractivity contribution is 5.85. The van der Waals surface area contributed by atoms with Crippen molar-refractivity contribution >= 4 is 17.9 Å². The standard InChI is InChI=1S/C13H25N3O5/c1-10(2)7-14-11(17)8-15(3)13(20)16(5-6-21-4)9-12(18)19/h10H,5-9H2,1-4H3,(H,14,17)(H,18,19). The number of carboxylic acids is 1. The van der Waals surface area contributed by atoms with Crippen LogP contribution in [0.3, 0.4) is 0 Å². The number of carbonyl (C=O) groups is 3. The maximum Gasteiger partial charge on any atom is 0.323 e. The summed E-state index contributed by atoms with van der Waals surface area (Å²) in [6.07, 6.45) is 0. The average molecular weight is 303 g/mol. The Kier molecular flexibility index (Phi) is 9.11. The van der Waals surface area contributed by atoms with Crippen LogP contribution in [-0.4, -0.2) is 79.8 Å². The normalized spacial score (nSPS) is 10.3. The maximum absolute atomic E-state index is 12.1. The van der Waals surface area contributed by atoms with E-state index in [1.165, 1.54) is 19.1 Å². The third-order valence-corrected chi connectivity index (χ3v) is 2.58. The van der Waals surface area contributed by atoms with Crippen molar-refractivity contribution in [3.05, 3.63) is 0 Å². The first kappa shape index (κ1) is 19.2. The topological polar surface area (TPSA) is 99.2 Å². The van der Waals surface area contributed by atoms with Crippen LogP contribution in [0, 0.1) is 5.92 Å². The van der Waals surface area contributed by atoms with Gasteiger partial charge in [0.15, 0.2) is 0 Å². The number of carboxylic acid groups (broad SMARTS) is 1. The van der Waals surface area contributed by atoms with E-state index >= 15 is 0 Å². The molecule has 3 amide bonds. The molecule has 0 fully saturated rings. The van der Waals surface area contributed by atoms with Gasteiger partial charge < -0.3 is 25.0 Å². The monoisotopic (exact) mass is 303 g/mol. The van der Waals surface area contributed by atoms with Gasteiger partial charge in [0.2, 0.25) is 5.91 Å². The number of ether oxygens (including phenoxy) is 1. The van der Waals surface area contributed by atoms with E-state index in [0.29, 0.717) is 12.5 Å². The van der Waals surface area contributed by atoms with Crippen LogP contribution in [0.2, 0.25) is 0 Å². The van der Waals surface area contributed by atoms with Crippen molar-refractivity contribution in [3.8, 4) is 0 Å². The van der Waals surface area contributed by atoms with Crippen LogP contribution >= 0.6 is 0 Å². The fourth-order valence-electron chi connectivity index (χ4n) is 1.51. The predicted molar refractivity (Wildman–Crippen MR) is 77.0 cm³/mol. The Balaban J connectivity index is 4.46. The molecular formula is C13H25N3O5. The lowest BCUT2D eigenvalue weighted by molar-refractivity contribution is -0.137. The van der Waals surface area contributed by atoms with Gasteiger partial charge in [-0.2, -0.15) is 0 Å². The van der Waals surface area contributed by atoms with Crippen LogP contribution in [-0.2, 0) is 14.3 Å². The molecule has 0 aliphatic carbocycles. The van der Waals surface area contributed by atoms with Crippen LogP contribution in [0.5, 0.6) is 0 Å². The number of hydrogen-bond donors (Lipinski definition) is 2. The second-order valence-electron chi connectivity index (χ2n) is 5.14. The second kappa shape index (κ2) is 9.98. The fraction of sp³-hybridized carbons (Fsp3) is 0.769. The molecule has 0 saturated heterocycles. The highest BCUT2D eigenvalue weighted by Crippen LogP contribution is 1.98. The van der Waals surface area contributed by atoms with Gasteiger partial charge in [-0.1, -0.05) is 13.8 Å². The first-order valence-electron chi connectivity index (χ1n) is 6.75. The summed E-state index contributed by atoms with van der Waals surface area (Å²) in [7, 11) is 2.92. The van der Waals surface area contributed by atoms with Crippen molar-refractivity contribution in [1.29, 1.82) is 0 Å². The number of rotatable bonds is 9. The molecule has 2 N–H and O–H groups in total. The Bertz CT molecular complexity index is 360. The van der Waals surface area contributed by atoms with E-state index in [-0.39, 0.29) is 25.6 Å². The average Bonchev–Trinajstić information content (AvgIpc) is 2.39. The highest BCUT2D eigenvalue weighted by atomic mass is 16.5. The summed E-state index contributed by atoms with van der Waals surface area (Å²) >= 11 is 0. The van der Waals surface area contributed by atoms with Crippen molar-refractivity contribution in [3.63, 3.8) is 0 Å². The molecule has 21 heavy (non-hydrogen) atoms. The number of aliphatic carboxylic acids is 1. The smallest absolute Gasteiger partial charge is 0.323 e. The van der Waals surface area contributed by atoms with Gasteiger partial charge in [0.05, 0.1) is 6.61 Å². The third kappa shape index (κ3) is 8.85. The number of amides is 3. The quantitative estimate of drug-likeness (QED) is 0.617. The lowest BCUT2D eigenvalue weighted by Gasteiger charge is -2.26. The van der Waals surface area contributed by atoms with Crippen molar-refractivity contribution in [2.24, 2.45) is 5.92 Å². The minimum absolute atomic E-state index is 0.116. The van der Waals surface area contributed by atoms with E-state index in [4.69, 9.17) is 9.84 Å². The SMILES string of the molecule is COCCN(CC(=O)O)C(=O)N(C)CC(=O)NCC(C)C. The van der Waals surface area contributed by atoms with Crippen LogP contribution in [0.15, 0.2) is 0 Å². The first-order valence-corrected chi connectivity index (χ1v) is 6.75. The number of nitrogens with one attached hydrogen (secondary N) is 1. The maximum atomic E-state index is 12.1. The Labute approximate surface area is 125 Å². The molecule has 0 spiro atoms. The third-order valence-electron chi connectivity index (χ3n) is 2.58. The van der Waals surface area contributed by atoms with Crippen LogP contribution in [0.4, 0.5) is 4.79 Å². The van der Waals surface area contributed by atoms with Gasteiger partial charge in [0.25, 0.3) is 0 Å². The van der Waals surface area contributed by atoms with Crippen molar-refractivity contribution in [2.75, 3.05) is 46.9 Å². The molecule has 0 bridgehead atoms. The Morgan fingerprint density at radius 2 is 1.86 bits per heavy atom. The molecule has 122 valence electrons. The summed E-state index contributed by atoms with van der Waals surface area (Å²) in [6.45, 7) is 4.30. The number of hydrogen-bond acceptors (Lipinski definition) is 4. The van der Waals surface area contributed by atoms with E-state index in [1.54, 1.807) is 0 Å². The van der Waals surface area contributed by atoms with Gasteiger partial charge in [-0.05, 0) is 5.92 Å². The second-order valence-corrected chi connectivity index (χ2v) is 5.14. The molecule has 0 aliphatic rings. The van der Waals surface area contributed by atoms with E-state index < -0.39 is 18.5 Å². The number of urea groups is 1. The zero-order valence-electron chi connectivity index (χ0n) is 13.1. The molecule has 8 nitrogen and oxygen atoms in total. The Morgan fingerprint density at radius 1 is 1.24 bits per heavy atom. The summed E-state index contributed by atoms with van der Waals surface area (Å²) in [5.41, 5.74) is 0. The van der Waals surface area contributed by atoms with Gasteiger partial charge >= 0.3 is 12.0 Å². The predicted octanol–water partition coefficient (Wildman–Crippen LogP) is -0.157. The summed E-state index contributed by atoms with van der Waals surface area (Å²) in [5, 5.41) is 11.5. The number of likely N-dealkylation sites (N-methyl/N-ethyl adjacent to an activating group) is 1. The molecule has 0 aromatic heterocycles. The largest absolute Gasteiger partial charge is 0.480 e. The van der Waals surface area contributed by atoms with Crippen LogP contribution in [0.25, 0.3) is 0 Å². The molecule has 0 aromatic rings. The van der Waals surface area contributed by atoms with Crippen LogP contribution < -0.4 is 5.32 Å². The molecular weight excluding hydrogens is 278 g/mol. The van der Waals surface area contributed by atoms with Crippen molar-refractivity contribution in [1.82, 2.24) is 15.1 Å². The minimum Gasteiger partial charge on any atom is -0.480 e. The highest BCUT2D eigenvalue weighted by Gasteiger charge is 2.21. The molecule has 8 heteroatoms. The van der Waals surface area contributed by atoms with Crippen molar-refractivity contribution < 1.29 is 24.2 Å². The zero-order chi connectivity index (χ0) is 16.4. The van der Waals surface area contributed by atoms with Gasteiger partial charge in [-0.15, -0.1) is 0 Å². The molecule has 0 radical (unpaired) electrons. The van der Waals surface area contributed by atoms with E-state index in [9.17, 15) is 14.4 Å². The Morgan fingerprint density at radius 3 is 2.33 bits per heavy atom. The van der Waals surface area contributed by atoms with Gasteiger partial charge in [0.1, 0.15) is 13.1 Å². The molecule has 0 aliphatic heterocycles. The Hall–Kier alpha value is -1.83. The number of carbonyl (C=O) groups excluding carboxylic acids is 2. The fourth-order valence-corrected chi connectivity index (χ4v) is 1.51. The summed E-state index contributed by atoms with van der Waals surface area (Å²) in [4.78, 5) is 36.9. The summed E-state index contributed by atoms with van der Waals surface area (Å²) < 4.78 is 4.85. The van der Waals surface area contributed by atoms with Gasteiger partial charge in [-0.3, -0.25) is 9.59 Å². The van der Waals surface area contributed by atoms with E-state index in [1.807, 2.05) is 13.8 Å². The van der Waals surface area contributed by atoms with E-state index in [0.717, 1.165) is 4.90 Å². The van der Waals surface area contributed by atoms with Crippen LogP contribution in [0.1, 0.15) is 13.8 Å². The zero-order valence-corrected chi connectivity index (χ0v) is 13.1. The van der Waals surface area contributed by atoms with Gasteiger partial charge in [-0.25, -0.2) is 4.79 Å². The lowest BCUT2D eigenvalue weighted by Crippen LogP contribution is -2.48. The summed E-state index contributed by atoms with van der Waals surface area (Å²) in [5.74, 6) is -1.07. The summed E-state index contributed by atoms with van der Waals surface area (Å²) in [6, 6.07) is -0.519. The number of nitrogens with zero attached hydrogens (tertiary/aromatic N) is 2. The molecule has 0 aromatic carbocycles. The van der Waals surface area contributed by atoms with Gasteiger partial charge in [0, 0.05) is 27.2 Å². The first-order chi connectivity index (χ1) is 9.77. The van der Waals surface area contributed by atoms with Crippen molar-refractivity contribution in [2.45, 2.75) is 13.8 Å². The molecule has 0 saturated carbocycles. The molecule has 0 unspecified atom stereocenters.